The number of amides is 2. The van der Waals surface area contributed by atoms with Crippen molar-refractivity contribution in [1.82, 2.24) is 15.3 Å². The smallest absolute Gasteiger partial charge is 0.319 e. The van der Waals surface area contributed by atoms with Gasteiger partial charge in [-0.2, -0.15) is 0 Å². The van der Waals surface area contributed by atoms with Crippen LogP contribution in [0.2, 0.25) is 0 Å². The SMILES string of the molecule is O=C(NCCO)Nc1cc2ccncc2c2ncccc12. The molecule has 3 N–H and O–H groups in total. The molecule has 0 aliphatic carbocycles. The summed E-state index contributed by atoms with van der Waals surface area (Å²) in [6.07, 6.45) is 5.18. The normalized spacial score (nSPS) is 10.7. The fourth-order valence-electron chi connectivity index (χ4n) is 2.24. The van der Waals surface area contributed by atoms with Gasteiger partial charge in [0, 0.05) is 35.9 Å². The molecule has 0 atom stereocenters. The first kappa shape index (κ1) is 13.3. The summed E-state index contributed by atoms with van der Waals surface area (Å²) < 4.78 is 0. The Balaban J connectivity index is 2.10. The van der Waals surface area contributed by atoms with Crippen LogP contribution in [0.5, 0.6) is 0 Å². The first-order chi connectivity index (χ1) is 10.3. The van der Waals surface area contributed by atoms with E-state index in [-0.39, 0.29) is 19.2 Å². The molecule has 0 aliphatic rings. The number of fused-ring (bicyclic) bond motifs is 3. The van der Waals surface area contributed by atoms with Gasteiger partial charge in [-0.3, -0.25) is 9.97 Å². The number of anilines is 1. The van der Waals surface area contributed by atoms with Gasteiger partial charge in [0.15, 0.2) is 0 Å². The van der Waals surface area contributed by atoms with Crippen molar-refractivity contribution in [3.05, 3.63) is 42.9 Å². The summed E-state index contributed by atoms with van der Waals surface area (Å²) >= 11 is 0. The van der Waals surface area contributed by atoms with Gasteiger partial charge in [0.25, 0.3) is 0 Å². The Morgan fingerprint density at radius 3 is 3.00 bits per heavy atom. The lowest BCUT2D eigenvalue weighted by molar-refractivity contribution is 0.245. The van der Waals surface area contributed by atoms with E-state index in [1.54, 1.807) is 18.6 Å². The number of aliphatic hydroxyl groups excluding tert-OH is 1. The van der Waals surface area contributed by atoms with E-state index >= 15 is 0 Å². The highest BCUT2D eigenvalue weighted by Crippen LogP contribution is 2.29. The second-order valence-corrected chi connectivity index (χ2v) is 4.53. The lowest BCUT2D eigenvalue weighted by Gasteiger charge is -2.11. The van der Waals surface area contributed by atoms with E-state index in [0.717, 1.165) is 21.7 Å². The van der Waals surface area contributed by atoms with E-state index in [0.29, 0.717) is 5.69 Å². The molecule has 2 amide bonds. The first-order valence-corrected chi connectivity index (χ1v) is 6.57. The van der Waals surface area contributed by atoms with Crippen LogP contribution in [0.1, 0.15) is 0 Å². The van der Waals surface area contributed by atoms with E-state index in [4.69, 9.17) is 5.11 Å². The summed E-state index contributed by atoms with van der Waals surface area (Å²) in [6, 6.07) is 7.13. The zero-order chi connectivity index (χ0) is 14.7. The molecule has 0 bridgehead atoms. The van der Waals surface area contributed by atoms with Crippen LogP contribution >= 0.6 is 0 Å². The summed E-state index contributed by atoms with van der Waals surface area (Å²) in [7, 11) is 0. The predicted octanol–water partition coefficient (Wildman–Crippen LogP) is 1.90. The van der Waals surface area contributed by atoms with Crippen LogP contribution in [-0.2, 0) is 0 Å². The Hall–Kier alpha value is -2.73. The third-order valence-corrected chi connectivity index (χ3v) is 3.15. The average Bonchev–Trinajstić information content (AvgIpc) is 2.53. The molecule has 6 heteroatoms. The molecule has 106 valence electrons. The van der Waals surface area contributed by atoms with Crippen molar-refractivity contribution in [1.29, 1.82) is 0 Å². The summed E-state index contributed by atoms with van der Waals surface area (Å²) in [4.78, 5) is 20.3. The molecule has 1 aromatic carbocycles. The molecule has 0 saturated carbocycles. The quantitative estimate of drug-likeness (QED) is 0.640. The Bertz CT molecular complexity index is 804. The van der Waals surface area contributed by atoms with E-state index in [2.05, 4.69) is 20.6 Å². The van der Waals surface area contributed by atoms with Crippen LogP contribution in [0.25, 0.3) is 21.7 Å². The maximum absolute atomic E-state index is 11.8. The third kappa shape index (κ3) is 2.61. The second-order valence-electron chi connectivity index (χ2n) is 4.53. The Morgan fingerprint density at radius 1 is 1.24 bits per heavy atom. The molecule has 0 unspecified atom stereocenters. The maximum atomic E-state index is 11.8. The summed E-state index contributed by atoms with van der Waals surface area (Å²) in [5.41, 5.74) is 1.47. The number of benzene rings is 1. The van der Waals surface area contributed by atoms with Crippen LogP contribution in [0.4, 0.5) is 10.5 Å². The third-order valence-electron chi connectivity index (χ3n) is 3.15. The fourth-order valence-corrected chi connectivity index (χ4v) is 2.24. The van der Waals surface area contributed by atoms with Crippen LogP contribution in [-0.4, -0.2) is 34.3 Å². The number of aliphatic hydroxyl groups is 1. The number of nitrogens with zero attached hydrogens (tertiary/aromatic N) is 2. The number of rotatable bonds is 3. The molecule has 3 aromatic rings. The van der Waals surface area contributed by atoms with Gasteiger partial charge in [-0.1, -0.05) is 0 Å². The molecule has 6 nitrogen and oxygen atoms in total. The highest BCUT2D eigenvalue weighted by Gasteiger charge is 2.09. The molecule has 2 aromatic heterocycles. The van der Waals surface area contributed by atoms with Gasteiger partial charge in [0.05, 0.1) is 17.8 Å². The van der Waals surface area contributed by atoms with Crippen molar-refractivity contribution in [2.75, 3.05) is 18.5 Å². The zero-order valence-corrected chi connectivity index (χ0v) is 11.2. The van der Waals surface area contributed by atoms with Gasteiger partial charge >= 0.3 is 6.03 Å². The topological polar surface area (TPSA) is 87.1 Å². The van der Waals surface area contributed by atoms with Crippen molar-refractivity contribution in [2.45, 2.75) is 0 Å². The van der Waals surface area contributed by atoms with E-state index in [9.17, 15) is 4.79 Å². The van der Waals surface area contributed by atoms with Gasteiger partial charge in [0.2, 0.25) is 0 Å². The molecule has 2 heterocycles. The number of urea groups is 1. The summed E-state index contributed by atoms with van der Waals surface area (Å²) in [6.45, 7) is 0.110. The predicted molar refractivity (Wildman–Crippen MR) is 81.2 cm³/mol. The first-order valence-electron chi connectivity index (χ1n) is 6.57. The number of aromatic nitrogens is 2. The monoisotopic (exact) mass is 282 g/mol. The summed E-state index contributed by atoms with van der Waals surface area (Å²) in [5.74, 6) is 0. The van der Waals surface area contributed by atoms with Gasteiger partial charge in [-0.05, 0) is 29.7 Å². The molecule has 0 saturated heterocycles. The minimum absolute atomic E-state index is 0.0981. The van der Waals surface area contributed by atoms with Crippen LogP contribution in [0, 0.1) is 0 Å². The fraction of sp³-hybridized carbons (Fsp3) is 0.133. The Labute approximate surface area is 120 Å². The molecule has 3 rings (SSSR count). The van der Waals surface area contributed by atoms with Crippen molar-refractivity contribution >= 4 is 33.4 Å². The molecular weight excluding hydrogens is 268 g/mol. The highest BCUT2D eigenvalue weighted by atomic mass is 16.3. The van der Waals surface area contributed by atoms with Crippen LogP contribution in [0.3, 0.4) is 0 Å². The largest absolute Gasteiger partial charge is 0.395 e. The van der Waals surface area contributed by atoms with Crippen LogP contribution in [0.15, 0.2) is 42.9 Å². The lowest BCUT2D eigenvalue weighted by atomic mass is 10.1. The van der Waals surface area contributed by atoms with Crippen molar-refractivity contribution in [3.8, 4) is 0 Å². The standard InChI is InChI=1S/C15H14N4O2/c20-7-6-18-15(21)19-13-8-10-3-5-16-9-12(10)14-11(13)2-1-4-17-14/h1-5,8-9,20H,6-7H2,(H2,18,19,21). The van der Waals surface area contributed by atoms with Gasteiger partial charge in [-0.25, -0.2) is 4.79 Å². The minimum atomic E-state index is -0.359. The molecule has 0 aliphatic heterocycles. The number of hydrogen-bond donors (Lipinski definition) is 3. The van der Waals surface area contributed by atoms with Crippen molar-refractivity contribution in [2.24, 2.45) is 0 Å². The lowest BCUT2D eigenvalue weighted by Crippen LogP contribution is -2.31. The maximum Gasteiger partial charge on any atom is 0.319 e. The second kappa shape index (κ2) is 5.72. The molecule has 0 spiro atoms. The van der Waals surface area contributed by atoms with Crippen molar-refractivity contribution in [3.63, 3.8) is 0 Å². The number of carbonyl (C=O) groups excluding carboxylic acids is 1. The number of pyridine rings is 2. The summed E-state index contributed by atoms with van der Waals surface area (Å²) in [5, 5.41) is 16.8. The van der Waals surface area contributed by atoms with Gasteiger partial charge < -0.3 is 15.7 Å². The Morgan fingerprint density at radius 2 is 2.14 bits per heavy atom. The molecule has 21 heavy (non-hydrogen) atoms. The van der Waals surface area contributed by atoms with Gasteiger partial charge in [0.1, 0.15) is 0 Å². The molecule has 0 radical (unpaired) electrons. The molecule has 0 fully saturated rings. The Kier molecular flexibility index (Phi) is 3.61. The average molecular weight is 282 g/mol. The number of hydrogen-bond acceptors (Lipinski definition) is 4. The van der Waals surface area contributed by atoms with Gasteiger partial charge in [-0.15, -0.1) is 0 Å². The van der Waals surface area contributed by atoms with E-state index < -0.39 is 0 Å². The van der Waals surface area contributed by atoms with Crippen LogP contribution < -0.4 is 10.6 Å². The minimum Gasteiger partial charge on any atom is -0.395 e. The number of carbonyl (C=O) groups is 1. The highest BCUT2D eigenvalue weighted by molar-refractivity contribution is 6.12. The van der Waals surface area contributed by atoms with E-state index in [1.165, 1.54) is 0 Å². The van der Waals surface area contributed by atoms with Crippen molar-refractivity contribution < 1.29 is 9.90 Å². The number of nitrogens with one attached hydrogen (secondary N) is 2. The zero-order valence-electron chi connectivity index (χ0n) is 11.2. The molecular formula is C15H14N4O2. The van der Waals surface area contributed by atoms with E-state index in [1.807, 2.05) is 24.3 Å².